The van der Waals surface area contributed by atoms with Crippen LogP contribution in [0.5, 0.6) is 0 Å². The average Bonchev–Trinajstić information content (AvgIpc) is 3.45. The van der Waals surface area contributed by atoms with E-state index in [9.17, 15) is 13.2 Å². The first-order valence-electron chi connectivity index (χ1n) is 8.69. The van der Waals surface area contributed by atoms with Crippen molar-refractivity contribution >= 4 is 43.6 Å². The summed E-state index contributed by atoms with van der Waals surface area (Å²) >= 11 is 5.12. The van der Waals surface area contributed by atoms with Gasteiger partial charge in [-0.25, -0.2) is 13.1 Å². The second-order valence-corrected chi connectivity index (χ2v) is 10.1. The zero-order chi connectivity index (χ0) is 19.3. The smallest absolute Gasteiger partial charge is 0.240 e. The molecule has 2 aromatic rings. The molecule has 1 fully saturated rings. The van der Waals surface area contributed by atoms with Gasteiger partial charge in [-0.05, 0) is 58.6 Å². The Morgan fingerprint density at radius 2 is 1.81 bits per heavy atom. The van der Waals surface area contributed by atoms with Gasteiger partial charge in [0.1, 0.15) is 0 Å². The van der Waals surface area contributed by atoms with Crippen LogP contribution in [-0.2, 0) is 21.4 Å². The molecule has 0 unspecified atom stereocenters. The molecule has 1 amide bonds. The first kappa shape index (κ1) is 20.4. The maximum atomic E-state index is 12.1. The third-order valence-corrected chi connectivity index (χ3v) is 7.61. The highest BCUT2D eigenvalue weighted by Gasteiger charge is 2.27. The Kier molecular flexibility index (Phi) is 6.97. The van der Waals surface area contributed by atoms with Gasteiger partial charge in [0.05, 0.1) is 4.90 Å². The Hall–Kier alpha value is -1.35. The lowest BCUT2D eigenvalue weighted by Gasteiger charge is -2.08. The molecule has 1 aliphatic rings. The summed E-state index contributed by atoms with van der Waals surface area (Å²) in [5.74, 6) is 0.667. The van der Waals surface area contributed by atoms with Gasteiger partial charge in [-0.1, -0.05) is 24.3 Å². The topological polar surface area (TPSA) is 75.3 Å². The number of hydrogen-bond donors (Lipinski definition) is 2. The molecule has 0 bridgehead atoms. The van der Waals surface area contributed by atoms with E-state index in [1.807, 2.05) is 24.3 Å². The van der Waals surface area contributed by atoms with Gasteiger partial charge in [-0.15, -0.1) is 11.8 Å². The minimum absolute atomic E-state index is 0.0262. The standard InChI is InChI=1S/C19H21BrN2O3S2/c20-17-3-1-2-4-18(17)26-12-11-19(23)21-13-14-5-9-16(10-6-14)27(24,25)22-15-7-8-15/h1-6,9-10,15,22H,7-8,11-13H2,(H,21,23). The summed E-state index contributed by atoms with van der Waals surface area (Å²) in [6.07, 6.45) is 2.23. The van der Waals surface area contributed by atoms with Crippen LogP contribution in [0.15, 0.2) is 62.8 Å². The lowest BCUT2D eigenvalue weighted by atomic mass is 10.2. The average molecular weight is 469 g/mol. The maximum absolute atomic E-state index is 12.1. The van der Waals surface area contributed by atoms with Crippen molar-refractivity contribution in [2.75, 3.05) is 5.75 Å². The monoisotopic (exact) mass is 468 g/mol. The Balaban J connectivity index is 1.42. The molecule has 1 aliphatic carbocycles. The Bertz CT molecular complexity index is 897. The molecule has 3 rings (SSSR count). The fourth-order valence-corrected chi connectivity index (χ4v) is 5.20. The minimum atomic E-state index is -3.43. The molecule has 0 heterocycles. The molecule has 0 saturated heterocycles. The lowest BCUT2D eigenvalue weighted by molar-refractivity contribution is -0.120. The van der Waals surface area contributed by atoms with Crippen molar-refractivity contribution in [1.29, 1.82) is 0 Å². The van der Waals surface area contributed by atoms with Gasteiger partial charge < -0.3 is 5.32 Å². The largest absolute Gasteiger partial charge is 0.352 e. The Morgan fingerprint density at radius 3 is 2.48 bits per heavy atom. The summed E-state index contributed by atoms with van der Waals surface area (Å²) < 4.78 is 27.9. The molecule has 2 aromatic carbocycles. The third kappa shape index (κ3) is 6.34. The summed E-state index contributed by atoms with van der Waals surface area (Å²) in [6, 6.07) is 14.6. The Labute approximate surface area is 172 Å². The minimum Gasteiger partial charge on any atom is -0.352 e. The van der Waals surface area contributed by atoms with Gasteiger partial charge >= 0.3 is 0 Å². The molecular formula is C19H21BrN2O3S2. The van der Waals surface area contributed by atoms with Crippen LogP contribution in [0, 0.1) is 0 Å². The normalized spacial score (nSPS) is 14.1. The van der Waals surface area contributed by atoms with E-state index >= 15 is 0 Å². The van der Waals surface area contributed by atoms with Crippen molar-refractivity contribution in [2.24, 2.45) is 0 Å². The van der Waals surface area contributed by atoms with Gasteiger partial charge in [0.25, 0.3) is 0 Å². The number of carbonyl (C=O) groups is 1. The van der Waals surface area contributed by atoms with Crippen LogP contribution >= 0.6 is 27.7 Å². The summed E-state index contributed by atoms with van der Waals surface area (Å²) in [5, 5.41) is 2.87. The summed E-state index contributed by atoms with van der Waals surface area (Å²) in [7, 11) is -3.43. The molecule has 8 heteroatoms. The maximum Gasteiger partial charge on any atom is 0.240 e. The van der Waals surface area contributed by atoms with Crippen LogP contribution in [-0.4, -0.2) is 26.1 Å². The first-order valence-corrected chi connectivity index (χ1v) is 12.0. The van der Waals surface area contributed by atoms with E-state index in [0.717, 1.165) is 27.8 Å². The van der Waals surface area contributed by atoms with Crippen molar-refractivity contribution < 1.29 is 13.2 Å². The third-order valence-electron chi connectivity index (χ3n) is 4.05. The Morgan fingerprint density at radius 1 is 1.11 bits per heavy atom. The van der Waals surface area contributed by atoms with Crippen LogP contribution in [0.3, 0.4) is 0 Å². The fourth-order valence-electron chi connectivity index (χ4n) is 2.38. The van der Waals surface area contributed by atoms with Crippen LogP contribution in [0.1, 0.15) is 24.8 Å². The van der Waals surface area contributed by atoms with E-state index < -0.39 is 10.0 Å². The second-order valence-electron chi connectivity index (χ2n) is 6.35. The molecule has 27 heavy (non-hydrogen) atoms. The number of nitrogens with one attached hydrogen (secondary N) is 2. The number of carbonyl (C=O) groups excluding carboxylic acids is 1. The molecule has 1 saturated carbocycles. The van der Waals surface area contributed by atoms with Crippen LogP contribution in [0.25, 0.3) is 0 Å². The van der Waals surface area contributed by atoms with E-state index in [2.05, 4.69) is 26.0 Å². The summed E-state index contributed by atoms with van der Waals surface area (Å²) in [4.78, 5) is 13.4. The van der Waals surface area contributed by atoms with Crippen molar-refractivity contribution in [3.8, 4) is 0 Å². The highest BCUT2D eigenvalue weighted by atomic mass is 79.9. The van der Waals surface area contributed by atoms with Gasteiger partial charge in [0.15, 0.2) is 0 Å². The molecule has 0 radical (unpaired) electrons. The number of halogens is 1. The molecule has 0 aliphatic heterocycles. The summed E-state index contributed by atoms with van der Waals surface area (Å²) in [5.41, 5.74) is 0.868. The number of benzene rings is 2. The zero-order valence-corrected chi connectivity index (χ0v) is 17.9. The van der Waals surface area contributed by atoms with E-state index in [0.29, 0.717) is 18.7 Å². The van der Waals surface area contributed by atoms with E-state index in [4.69, 9.17) is 0 Å². The van der Waals surface area contributed by atoms with E-state index in [1.165, 1.54) is 0 Å². The number of sulfonamides is 1. The molecular weight excluding hydrogens is 448 g/mol. The molecule has 5 nitrogen and oxygen atoms in total. The quantitative estimate of drug-likeness (QED) is 0.550. The lowest BCUT2D eigenvalue weighted by Crippen LogP contribution is -2.26. The first-order chi connectivity index (χ1) is 12.9. The number of rotatable bonds is 9. The number of hydrogen-bond acceptors (Lipinski definition) is 4. The van der Waals surface area contributed by atoms with E-state index in [1.54, 1.807) is 36.0 Å². The summed E-state index contributed by atoms with van der Waals surface area (Å²) in [6.45, 7) is 0.384. The fraction of sp³-hybridized carbons (Fsp3) is 0.316. The van der Waals surface area contributed by atoms with Crippen molar-refractivity contribution in [3.63, 3.8) is 0 Å². The zero-order valence-electron chi connectivity index (χ0n) is 14.7. The molecule has 2 N–H and O–H groups in total. The second kappa shape index (κ2) is 9.23. The molecule has 0 atom stereocenters. The predicted molar refractivity (Wildman–Crippen MR) is 111 cm³/mol. The highest BCUT2D eigenvalue weighted by molar-refractivity contribution is 9.10. The van der Waals surface area contributed by atoms with E-state index in [-0.39, 0.29) is 16.8 Å². The van der Waals surface area contributed by atoms with Gasteiger partial charge in [-0.2, -0.15) is 0 Å². The molecule has 0 aromatic heterocycles. The molecule has 0 spiro atoms. The van der Waals surface area contributed by atoms with Gasteiger partial charge in [0, 0.05) is 34.1 Å². The molecule has 144 valence electrons. The van der Waals surface area contributed by atoms with Crippen molar-refractivity contribution in [3.05, 3.63) is 58.6 Å². The van der Waals surface area contributed by atoms with Crippen LogP contribution < -0.4 is 10.0 Å². The van der Waals surface area contributed by atoms with Gasteiger partial charge in [-0.3, -0.25) is 4.79 Å². The van der Waals surface area contributed by atoms with Crippen molar-refractivity contribution in [1.82, 2.24) is 10.0 Å². The number of amides is 1. The van der Waals surface area contributed by atoms with Crippen LogP contribution in [0.4, 0.5) is 0 Å². The predicted octanol–water partition coefficient (Wildman–Crippen LogP) is 3.69. The van der Waals surface area contributed by atoms with Gasteiger partial charge in [0.2, 0.25) is 15.9 Å². The number of thioether (sulfide) groups is 1. The van der Waals surface area contributed by atoms with Crippen molar-refractivity contribution in [2.45, 2.75) is 41.6 Å². The SMILES string of the molecule is O=C(CCSc1ccccc1Br)NCc1ccc(S(=O)(=O)NC2CC2)cc1. The highest BCUT2D eigenvalue weighted by Crippen LogP contribution is 2.27. The van der Waals surface area contributed by atoms with Crippen LogP contribution in [0.2, 0.25) is 0 Å².